The van der Waals surface area contributed by atoms with E-state index < -0.39 is 0 Å². The van der Waals surface area contributed by atoms with Gasteiger partial charge in [0.05, 0.1) is 12.9 Å². The van der Waals surface area contributed by atoms with Crippen molar-refractivity contribution >= 4 is 5.69 Å². The van der Waals surface area contributed by atoms with Gasteiger partial charge in [0.1, 0.15) is 5.82 Å². The number of benzene rings is 1. The lowest BCUT2D eigenvalue weighted by Crippen LogP contribution is -2.52. The summed E-state index contributed by atoms with van der Waals surface area (Å²) in [5.74, 6) is -0.0921. The van der Waals surface area contributed by atoms with Gasteiger partial charge in [0.25, 0.3) is 0 Å². The molecule has 0 N–H and O–H groups in total. The summed E-state index contributed by atoms with van der Waals surface area (Å²) < 4.78 is 23.3. The number of hydrogen-bond donors (Lipinski definition) is 0. The first-order chi connectivity index (χ1) is 10.7. The van der Waals surface area contributed by atoms with Crippen LogP contribution in [0, 0.1) is 5.82 Å². The Morgan fingerprint density at radius 3 is 2.09 bits per heavy atom. The number of hydrogen-bond acceptors (Lipinski definition) is 3. The standard InChI is InChI=1S/C16H24FN3.CH3F/c1-18-10-12-19(13-11-18)14-6-8-20(9-7-14)16-5-3-2-4-15(16)17;1-2/h2-5,14H,6-13H2,1H3;1H3. The number of rotatable bonds is 2. The Bertz CT molecular complexity index is 439. The predicted molar refractivity (Wildman–Crippen MR) is 87.7 cm³/mol. The monoisotopic (exact) mass is 311 g/mol. The summed E-state index contributed by atoms with van der Waals surface area (Å²) in [5.41, 5.74) is 0.768. The Morgan fingerprint density at radius 1 is 0.909 bits per heavy atom. The molecule has 0 aliphatic carbocycles. The van der Waals surface area contributed by atoms with Crippen molar-refractivity contribution in [2.24, 2.45) is 0 Å². The van der Waals surface area contributed by atoms with Gasteiger partial charge < -0.3 is 9.80 Å². The van der Waals surface area contributed by atoms with Crippen LogP contribution in [0.3, 0.4) is 0 Å². The smallest absolute Gasteiger partial charge is 0.146 e. The zero-order valence-corrected chi connectivity index (χ0v) is 13.6. The number of likely N-dealkylation sites (N-methyl/N-ethyl adjacent to an activating group) is 1. The summed E-state index contributed by atoms with van der Waals surface area (Å²) in [7, 11) is 2.69. The second kappa shape index (κ2) is 8.44. The van der Waals surface area contributed by atoms with Gasteiger partial charge in [-0.1, -0.05) is 12.1 Å². The summed E-state index contributed by atoms with van der Waals surface area (Å²) >= 11 is 0. The summed E-state index contributed by atoms with van der Waals surface area (Å²) in [6.45, 7) is 6.65. The van der Waals surface area contributed by atoms with Gasteiger partial charge in [-0.15, -0.1) is 0 Å². The first-order valence-electron chi connectivity index (χ1n) is 8.04. The fourth-order valence-electron chi connectivity index (χ4n) is 3.37. The Hall–Kier alpha value is -1.20. The lowest BCUT2D eigenvalue weighted by Gasteiger charge is -2.42. The quantitative estimate of drug-likeness (QED) is 0.831. The minimum Gasteiger partial charge on any atom is -0.369 e. The van der Waals surface area contributed by atoms with Crippen molar-refractivity contribution in [3.63, 3.8) is 0 Å². The molecule has 3 nitrogen and oxygen atoms in total. The molecule has 2 fully saturated rings. The lowest BCUT2D eigenvalue weighted by molar-refractivity contribution is 0.0981. The molecule has 0 atom stereocenters. The van der Waals surface area contributed by atoms with Crippen LogP contribution in [0.1, 0.15) is 12.8 Å². The van der Waals surface area contributed by atoms with E-state index in [0.29, 0.717) is 13.2 Å². The van der Waals surface area contributed by atoms with E-state index in [-0.39, 0.29) is 5.82 Å². The Kier molecular flexibility index (Phi) is 6.58. The molecule has 0 radical (unpaired) electrons. The Balaban J connectivity index is 0.000000847. The molecule has 0 unspecified atom stereocenters. The number of nitrogens with zero attached hydrogens (tertiary/aromatic N) is 3. The molecule has 2 saturated heterocycles. The zero-order chi connectivity index (χ0) is 15.9. The number of alkyl halides is 1. The molecule has 1 aromatic carbocycles. The van der Waals surface area contributed by atoms with Gasteiger partial charge in [-0.2, -0.15) is 0 Å². The number of piperidine rings is 1. The molecule has 0 spiro atoms. The molecule has 2 heterocycles. The topological polar surface area (TPSA) is 9.72 Å². The van der Waals surface area contributed by atoms with E-state index in [9.17, 15) is 8.78 Å². The van der Waals surface area contributed by atoms with Crippen molar-refractivity contribution in [1.82, 2.24) is 9.80 Å². The number of anilines is 1. The van der Waals surface area contributed by atoms with Crippen LogP contribution in [-0.2, 0) is 0 Å². The van der Waals surface area contributed by atoms with Crippen molar-refractivity contribution in [3.8, 4) is 0 Å². The van der Waals surface area contributed by atoms with Crippen molar-refractivity contribution in [3.05, 3.63) is 30.1 Å². The Labute approximate surface area is 132 Å². The molecule has 0 saturated carbocycles. The van der Waals surface area contributed by atoms with E-state index in [0.717, 1.165) is 31.6 Å². The van der Waals surface area contributed by atoms with E-state index in [4.69, 9.17) is 0 Å². The number of para-hydroxylation sites is 1. The van der Waals surface area contributed by atoms with E-state index >= 15 is 0 Å². The summed E-state index contributed by atoms with van der Waals surface area (Å²) in [4.78, 5) is 7.21. The normalized spacial score (nSPS) is 21.4. The van der Waals surface area contributed by atoms with E-state index in [1.165, 1.54) is 26.2 Å². The van der Waals surface area contributed by atoms with Gasteiger partial charge in [0.2, 0.25) is 0 Å². The third-order valence-corrected chi connectivity index (χ3v) is 4.71. The fourth-order valence-corrected chi connectivity index (χ4v) is 3.37. The SMILES string of the molecule is CF.CN1CCN(C2CCN(c3ccccc3F)CC2)CC1. The second-order valence-electron chi connectivity index (χ2n) is 6.01. The summed E-state index contributed by atoms with van der Waals surface area (Å²) in [6.07, 6.45) is 2.30. The average Bonchev–Trinajstić information content (AvgIpc) is 2.58. The molecule has 124 valence electrons. The molecule has 3 rings (SSSR count). The number of piperazine rings is 1. The largest absolute Gasteiger partial charge is 0.369 e. The van der Waals surface area contributed by atoms with Gasteiger partial charge in [-0.3, -0.25) is 9.29 Å². The highest BCUT2D eigenvalue weighted by Gasteiger charge is 2.27. The molecule has 0 amide bonds. The van der Waals surface area contributed by atoms with Gasteiger partial charge in [-0.25, -0.2) is 4.39 Å². The third kappa shape index (κ3) is 4.17. The first-order valence-corrected chi connectivity index (χ1v) is 8.04. The first kappa shape index (κ1) is 17.2. The molecule has 2 aliphatic heterocycles. The predicted octanol–water partition coefficient (Wildman–Crippen LogP) is 2.63. The maximum Gasteiger partial charge on any atom is 0.146 e. The van der Waals surface area contributed by atoms with Crippen LogP contribution in [0.4, 0.5) is 14.5 Å². The second-order valence-corrected chi connectivity index (χ2v) is 6.01. The minimum absolute atomic E-state index is 0.0921. The lowest BCUT2D eigenvalue weighted by atomic mass is 10.0. The van der Waals surface area contributed by atoms with Crippen molar-refractivity contribution in [2.75, 3.05) is 58.4 Å². The molecule has 0 aromatic heterocycles. The van der Waals surface area contributed by atoms with E-state index in [1.807, 2.05) is 12.1 Å². The highest BCUT2D eigenvalue weighted by Crippen LogP contribution is 2.25. The van der Waals surface area contributed by atoms with Crippen LogP contribution >= 0.6 is 0 Å². The maximum absolute atomic E-state index is 13.8. The molecular weight excluding hydrogens is 284 g/mol. The average molecular weight is 311 g/mol. The number of halogens is 2. The Morgan fingerprint density at radius 2 is 1.50 bits per heavy atom. The highest BCUT2D eigenvalue weighted by atomic mass is 19.1. The van der Waals surface area contributed by atoms with Crippen LogP contribution < -0.4 is 4.90 Å². The van der Waals surface area contributed by atoms with Gasteiger partial charge in [0.15, 0.2) is 0 Å². The molecule has 1 aromatic rings. The molecule has 0 bridgehead atoms. The van der Waals surface area contributed by atoms with Crippen LogP contribution in [0.15, 0.2) is 24.3 Å². The zero-order valence-electron chi connectivity index (χ0n) is 13.6. The molecule has 22 heavy (non-hydrogen) atoms. The van der Waals surface area contributed by atoms with E-state index in [1.54, 1.807) is 12.1 Å². The summed E-state index contributed by atoms with van der Waals surface area (Å²) in [5, 5.41) is 0. The van der Waals surface area contributed by atoms with Gasteiger partial charge >= 0.3 is 0 Å². The maximum atomic E-state index is 13.8. The highest BCUT2D eigenvalue weighted by molar-refractivity contribution is 5.47. The molecule has 2 aliphatic rings. The van der Waals surface area contributed by atoms with Crippen LogP contribution in [0.5, 0.6) is 0 Å². The van der Waals surface area contributed by atoms with Crippen molar-refractivity contribution < 1.29 is 8.78 Å². The molecular formula is C17H27F2N3. The molecule has 5 heteroatoms. The van der Waals surface area contributed by atoms with Gasteiger partial charge in [0, 0.05) is 45.3 Å². The van der Waals surface area contributed by atoms with Crippen molar-refractivity contribution in [2.45, 2.75) is 18.9 Å². The van der Waals surface area contributed by atoms with Crippen molar-refractivity contribution in [1.29, 1.82) is 0 Å². The van der Waals surface area contributed by atoms with Crippen LogP contribution in [-0.4, -0.2) is 69.3 Å². The third-order valence-electron chi connectivity index (χ3n) is 4.71. The van der Waals surface area contributed by atoms with Gasteiger partial charge in [-0.05, 0) is 32.0 Å². The summed E-state index contributed by atoms with van der Waals surface area (Å²) in [6, 6.07) is 7.82. The van der Waals surface area contributed by atoms with Crippen LogP contribution in [0.2, 0.25) is 0 Å². The van der Waals surface area contributed by atoms with E-state index in [2.05, 4.69) is 21.7 Å². The van der Waals surface area contributed by atoms with Crippen LogP contribution in [0.25, 0.3) is 0 Å². The fraction of sp³-hybridized carbons (Fsp3) is 0.647. The minimum atomic E-state index is -0.0921.